The lowest BCUT2D eigenvalue weighted by Crippen LogP contribution is -2.32. The Morgan fingerprint density at radius 1 is 1.12 bits per heavy atom. The third-order valence-corrected chi connectivity index (χ3v) is 4.35. The summed E-state index contributed by atoms with van der Waals surface area (Å²) in [6.45, 7) is 1.65. The van der Waals surface area contributed by atoms with Crippen LogP contribution in [0.2, 0.25) is 0 Å². The molecule has 0 bridgehead atoms. The molecule has 128 valence electrons. The van der Waals surface area contributed by atoms with Gasteiger partial charge in [-0.15, -0.1) is 0 Å². The van der Waals surface area contributed by atoms with Crippen molar-refractivity contribution in [1.82, 2.24) is 4.90 Å². The number of Topliss-reactive ketones (excluding diaryl/α,β-unsaturated/α-hetero) is 1. The summed E-state index contributed by atoms with van der Waals surface area (Å²) in [6, 6.07) is 14.6. The Hall–Kier alpha value is -2.95. The molecule has 0 aromatic heterocycles. The van der Waals surface area contributed by atoms with Crippen molar-refractivity contribution in [3.05, 3.63) is 82.9 Å². The first-order chi connectivity index (χ1) is 12.0. The molecule has 4 nitrogen and oxygen atoms in total. The van der Waals surface area contributed by atoms with Gasteiger partial charge in [-0.2, -0.15) is 0 Å². The number of hydrogen-bond acceptors (Lipinski definition) is 3. The lowest BCUT2D eigenvalue weighted by Gasteiger charge is -2.26. The standard InChI is InChI=1S/C20H18FNO3/c1-13(23)17-18(15-7-9-16(21)10-8-15)22(20(25)19(17)24)12-11-14-5-3-2-4-6-14/h2-10,18,24H,11-12H2,1H3/t18-/m1/s1. The summed E-state index contributed by atoms with van der Waals surface area (Å²) in [5.41, 5.74) is 1.70. The van der Waals surface area contributed by atoms with Crippen molar-refractivity contribution in [2.45, 2.75) is 19.4 Å². The Kier molecular flexibility index (Phi) is 4.65. The lowest BCUT2D eigenvalue weighted by molar-refractivity contribution is -0.129. The molecule has 1 aliphatic heterocycles. The Morgan fingerprint density at radius 3 is 2.36 bits per heavy atom. The molecule has 2 aromatic carbocycles. The monoisotopic (exact) mass is 339 g/mol. The summed E-state index contributed by atoms with van der Waals surface area (Å²) in [5, 5.41) is 10.2. The number of amides is 1. The number of carbonyl (C=O) groups is 2. The van der Waals surface area contributed by atoms with Gasteiger partial charge in [-0.3, -0.25) is 9.59 Å². The number of rotatable bonds is 5. The van der Waals surface area contributed by atoms with Gasteiger partial charge in [0.15, 0.2) is 11.5 Å². The van der Waals surface area contributed by atoms with E-state index in [-0.39, 0.29) is 11.4 Å². The van der Waals surface area contributed by atoms with E-state index in [1.54, 1.807) is 0 Å². The van der Waals surface area contributed by atoms with Crippen molar-refractivity contribution in [1.29, 1.82) is 0 Å². The van der Waals surface area contributed by atoms with Crippen molar-refractivity contribution < 1.29 is 19.1 Å². The van der Waals surface area contributed by atoms with E-state index in [2.05, 4.69) is 0 Å². The largest absolute Gasteiger partial charge is 0.503 e. The Labute approximate surface area is 145 Å². The number of carbonyl (C=O) groups excluding carboxylic acids is 2. The number of hydrogen-bond donors (Lipinski definition) is 1. The van der Waals surface area contributed by atoms with Crippen molar-refractivity contribution in [3.8, 4) is 0 Å². The van der Waals surface area contributed by atoms with Crippen LogP contribution in [0.5, 0.6) is 0 Å². The van der Waals surface area contributed by atoms with Crippen LogP contribution in [-0.4, -0.2) is 28.2 Å². The van der Waals surface area contributed by atoms with E-state index in [1.807, 2.05) is 30.3 Å². The van der Waals surface area contributed by atoms with Crippen LogP contribution in [0.15, 0.2) is 65.9 Å². The molecule has 5 heteroatoms. The minimum atomic E-state index is -0.700. The lowest BCUT2D eigenvalue weighted by atomic mass is 9.96. The van der Waals surface area contributed by atoms with E-state index < -0.39 is 23.5 Å². The highest BCUT2D eigenvalue weighted by atomic mass is 19.1. The predicted molar refractivity (Wildman–Crippen MR) is 91.3 cm³/mol. The molecule has 2 aromatic rings. The highest BCUT2D eigenvalue weighted by molar-refractivity contribution is 6.08. The Morgan fingerprint density at radius 2 is 1.76 bits per heavy atom. The molecule has 0 unspecified atom stereocenters. The van der Waals surface area contributed by atoms with Gasteiger partial charge in [0.2, 0.25) is 0 Å². The zero-order valence-corrected chi connectivity index (χ0v) is 13.8. The van der Waals surface area contributed by atoms with Crippen LogP contribution >= 0.6 is 0 Å². The van der Waals surface area contributed by atoms with E-state index in [0.29, 0.717) is 18.5 Å². The fourth-order valence-corrected chi connectivity index (χ4v) is 3.13. The third-order valence-electron chi connectivity index (χ3n) is 4.35. The van der Waals surface area contributed by atoms with Gasteiger partial charge in [0.05, 0.1) is 11.6 Å². The van der Waals surface area contributed by atoms with E-state index in [0.717, 1.165) is 5.56 Å². The first-order valence-corrected chi connectivity index (χ1v) is 8.03. The summed E-state index contributed by atoms with van der Waals surface area (Å²) in [6.07, 6.45) is 0.586. The number of aliphatic hydroxyl groups excluding tert-OH is 1. The van der Waals surface area contributed by atoms with Gasteiger partial charge in [0.25, 0.3) is 5.91 Å². The smallest absolute Gasteiger partial charge is 0.290 e. The highest BCUT2D eigenvalue weighted by Crippen LogP contribution is 2.37. The van der Waals surface area contributed by atoms with Gasteiger partial charge in [0.1, 0.15) is 5.82 Å². The van der Waals surface area contributed by atoms with E-state index in [4.69, 9.17) is 0 Å². The third kappa shape index (κ3) is 3.31. The SMILES string of the molecule is CC(=O)C1=C(O)C(=O)N(CCc2ccccc2)[C@@H]1c1ccc(F)cc1. The number of ketones is 1. The second-order valence-electron chi connectivity index (χ2n) is 6.01. The molecule has 25 heavy (non-hydrogen) atoms. The molecule has 0 spiro atoms. The quantitative estimate of drug-likeness (QED) is 0.909. The number of nitrogens with zero attached hydrogens (tertiary/aromatic N) is 1. The van der Waals surface area contributed by atoms with E-state index in [9.17, 15) is 19.1 Å². The molecule has 1 aliphatic rings. The van der Waals surface area contributed by atoms with Gasteiger partial charge >= 0.3 is 0 Å². The zero-order valence-electron chi connectivity index (χ0n) is 13.8. The van der Waals surface area contributed by atoms with Crippen molar-refractivity contribution in [2.75, 3.05) is 6.54 Å². The van der Waals surface area contributed by atoms with Crippen LogP contribution in [0, 0.1) is 5.82 Å². The van der Waals surface area contributed by atoms with Crippen molar-refractivity contribution in [3.63, 3.8) is 0 Å². The first-order valence-electron chi connectivity index (χ1n) is 8.03. The molecular formula is C20H18FNO3. The second-order valence-corrected chi connectivity index (χ2v) is 6.01. The number of benzene rings is 2. The molecule has 3 rings (SSSR count). The molecule has 0 radical (unpaired) electrons. The molecule has 0 saturated heterocycles. The minimum absolute atomic E-state index is 0.0599. The van der Waals surface area contributed by atoms with Crippen LogP contribution in [0.25, 0.3) is 0 Å². The van der Waals surface area contributed by atoms with E-state index in [1.165, 1.54) is 36.1 Å². The summed E-state index contributed by atoms with van der Waals surface area (Å²) < 4.78 is 13.2. The number of aliphatic hydroxyl groups is 1. The fraction of sp³-hybridized carbons (Fsp3) is 0.200. The Bertz CT molecular complexity index is 828. The van der Waals surface area contributed by atoms with Gasteiger partial charge in [-0.25, -0.2) is 4.39 Å². The van der Waals surface area contributed by atoms with E-state index >= 15 is 0 Å². The maximum atomic E-state index is 13.2. The normalized spacial score (nSPS) is 17.3. The molecule has 0 fully saturated rings. The average Bonchev–Trinajstić information content (AvgIpc) is 2.86. The van der Waals surface area contributed by atoms with Crippen LogP contribution in [0.1, 0.15) is 24.1 Å². The van der Waals surface area contributed by atoms with Gasteiger partial charge in [-0.1, -0.05) is 42.5 Å². The fourth-order valence-electron chi connectivity index (χ4n) is 3.13. The van der Waals surface area contributed by atoms with Gasteiger partial charge in [0, 0.05) is 6.54 Å². The molecule has 1 heterocycles. The zero-order chi connectivity index (χ0) is 18.0. The second kappa shape index (κ2) is 6.89. The average molecular weight is 339 g/mol. The maximum absolute atomic E-state index is 13.2. The van der Waals surface area contributed by atoms with Crippen molar-refractivity contribution >= 4 is 11.7 Å². The summed E-state index contributed by atoms with van der Waals surface area (Å²) >= 11 is 0. The Balaban J connectivity index is 1.93. The molecule has 1 N–H and O–H groups in total. The van der Waals surface area contributed by atoms with Gasteiger partial charge < -0.3 is 10.0 Å². The van der Waals surface area contributed by atoms with Crippen molar-refractivity contribution in [2.24, 2.45) is 0 Å². The summed E-state index contributed by atoms with van der Waals surface area (Å²) in [5.74, 6) is -1.87. The minimum Gasteiger partial charge on any atom is -0.503 e. The maximum Gasteiger partial charge on any atom is 0.290 e. The molecular weight excluding hydrogens is 321 g/mol. The van der Waals surface area contributed by atoms with Crippen LogP contribution < -0.4 is 0 Å². The van der Waals surface area contributed by atoms with Crippen LogP contribution in [0.3, 0.4) is 0 Å². The summed E-state index contributed by atoms with van der Waals surface area (Å²) in [7, 11) is 0. The van der Waals surface area contributed by atoms with Crippen LogP contribution in [-0.2, 0) is 16.0 Å². The molecule has 1 atom stereocenters. The highest BCUT2D eigenvalue weighted by Gasteiger charge is 2.41. The molecule has 0 saturated carbocycles. The predicted octanol–water partition coefficient (Wildman–Crippen LogP) is 3.35. The van der Waals surface area contributed by atoms with Gasteiger partial charge in [-0.05, 0) is 36.6 Å². The summed E-state index contributed by atoms with van der Waals surface area (Å²) in [4.78, 5) is 26.0. The number of halogens is 1. The molecule has 1 amide bonds. The van der Waals surface area contributed by atoms with Crippen LogP contribution in [0.4, 0.5) is 4.39 Å². The topological polar surface area (TPSA) is 57.6 Å². The molecule has 0 aliphatic carbocycles. The first kappa shape index (κ1) is 16.9.